The fourth-order valence-corrected chi connectivity index (χ4v) is 2.25. The standard InChI is InChI=1S/C19H18F2N2O3/c1-14(2)17-18(23(24)25)16(9-11-22-17)8-10-19(20,21)13-26-12-15-6-4-3-5-7-15/h3-11H,1,12-13H2,2H3. The molecule has 0 aliphatic heterocycles. The molecule has 26 heavy (non-hydrogen) atoms. The number of hydrogen-bond donors (Lipinski definition) is 0. The third kappa shape index (κ3) is 5.29. The Labute approximate surface area is 149 Å². The van der Waals surface area contributed by atoms with Crippen LogP contribution in [0.5, 0.6) is 0 Å². The average Bonchev–Trinajstić information content (AvgIpc) is 2.60. The van der Waals surface area contributed by atoms with Crippen LogP contribution in [0.25, 0.3) is 11.6 Å². The number of pyridine rings is 1. The zero-order valence-electron chi connectivity index (χ0n) is 14.2. The number of halogens is 2. The highest BCUT2D eigenvalue weighted by Crippen LogP contribution is 2.29. The van der Waals surface area contributed by atoms with Crippen molar-refractivity contribution in [3.63, 3.8) is 0 Å². The highest BCUT2D eigenvalue weighted by molar-refractivity contribution is 5.73. The number of benzene rings is 1. The molecule has 0 saturated carbocycles. The third-order valence-electron chi connectivity index (χ3n) is 3.46. The van der Waals surface area contributed by atoms with Gasteiger partial charge in [-0.25, -0.2) is 4.98 Å². The first kappa shape index (κ1) is 19.4. The summed E-state index contributed by atoms with van der Waals surface area (Å²) in [6.07, 6.45) is 2.93. The predicted octanol–water partition coefficient (Wildman–Crippen LogP) is 4.89. The van der Waals surface area contributed by atoms with Gasteiger partial charge < -0.3 is 4.74 Å². The van der Waals surface area contributed by atoms with Crippen molar-refractivity contribution in [3.05, 3.63) is 82.2 Å². The molecule has 136 valence electrons. The quantitative estimate of drug-likeness (QED) is 0.497. The molecule has 0 aliphatic carbocycles. The fraction of sp³-hybridized carbons (Fsp3) is 0.211. The number of ether oxygens (including phenoxy) is 1. The highest BCUT2D eigenvalue weighted by Gasteiger charge is 2.27. The lowest BCUT2D eigenvalue weighted by molar-refractivity contribution is -0.385. The van der Waals surface area contributed by atoms with Gasteiger partial charge in [0.2, 0.25) is 0 Å². The van der Waals surface area contributed by atoms with Gasteiger partial charge in [0.15, 0.2) is 0 Å². The molecule has 0 atom stereocenters. The van der Waals surface area contributed by atoms with Crippen LogP contribution in [0.2, 0.25) is 0 Å². The van der Waals surface area contributed by atoms with Crippen molar-refractivity contribution >= 4 is 17.3 Å². The van der Waals surface area contributed by atoms with Crippen LogP contribution in [-0.2, 0) is 11.3 Å². The van der Waals surface area contributed by atoms with E-state index in [1.165, 1.54) is 12.3 Å². The Bertz CT molecular complexity index is 821. The lowest BCUT2D eigenvalue weighted by Gasteiger charge is -2.12. The van der Waals surface area contributed by atoms with E-state index >= 15 is 0 Å². The van der Waals surface area contributed by atoms with E-state index in [9.17, 15) is 18.9 Å². The van der Waals surface area contributed by atoms with Gasteiger partial charge in [-0.3, -0.25) is 10.1 Å². The lowest BCUT2D eigenvalue weighted by atomic mass is 10.1. The molecule has 0 aliphatic rings. The van der Waals surface area contributed by atoms with Gasteiger partial charge in [0.25, 0.3) is 5.92 Å². The van der Waals surface area contributed by atoms with Gasteiger partial charge >= 0.3 is 5.69 Å². The van der Waals surface area contributed by atoms with E-state index in [1.54, 1.807) is 31.2 Å². The van der Waals surface area contributed by atoms with Crippen molar-refractivity contribution in [2.75, 3.05) is 6.61 Å². The molecular weight excluding hydrogens is 342 g/mol. The van der Waals surface area contributed by atoms with Gasteiger partial charge in [-0.1, -0.05) is 36.9 Å². The second kappa shape index (κ2) is 8.44. The van der Waals surface area contributed by atoms with Crippen LogP contribution in [0.4, 0.5) is 14.5 Å². The normalized spacial score (nSPS) is 11.7. The first-order valence-electron chi connectivity index (χ1n) is 7.78. The molecule has 5 nitrogen and oxygen atoms in total. The van der Waals surface area contributed by atoms with Crippen LogP contribution in [0.15, 0.2) is 55.3 Å². The predicted molar refractivity (Wildman–Crippen MR) is 95.7 cm³/mol. The Hall–Kier alpha value is -2.93. The van der Waals surface area contributed by atoms with E-state index in [-0.39, 0.29) is 23.6 Å². The van der Waals surface area contributed by atoms with Crippen molar-refractivity contribution in [1.29, 1.82) is 0 Å². The Balaban J connectivity index is 2.11. The maximum absolute atomic E-state index is 14.0. The van der Waals surface area contributed by atoms with Crippen LogP contribution in [0.3, 0.4) is 0 Å². The number of nitrogens with zero attached hydrogens (tertiary/aromatic N) is 2. The van der Waals surface area contributed by atoms with E-state index in [0.717, 1.165) is 11.6 Å². The molecular formula is C19H18F2N2O3. The van der Waals surface area contributed by atoms with Gasteiger partial charge in [-0.2, -0.15) is 8.78 Å². The minimum absolute atomic E-state index is 0.0331. The van der Waals surface area contributed by atoms with Crippen LogP contribution in [0, 0.1) is 10.1 Å². The van der Waals surface area contributed by atoms with Crippen molar-refractivity contribution in [2.45, 2.75) is 19.5 Å². The Kier molecular flexibility index (Phi) is 6.30. The monoisotopic (exact) mass is 360 g/mol. The first-order valence-corrected chi connectivity index (χ1v) is 7.78. The molecule has 1 aromatic carbocycles. The first-order chi connectivity index (χ1) is 12.3. The van der Waals surface area contributed by atoms with Gasteiger partial charge in [0.05, 0.1) is 17.1 Å². The van der Waals surface area contributed by atoms with E-state index in [4.69, 9.17) is 4.74 Å². The second-order valence-corrected chi connectivity index (χ2v) is 5.71. The summed E-state index contributed by atoms with van der Waals surface area (Å²) in [5, 5.41) is 11.3. The Morgan fingerprint density at radius 3 is 2.65 bits per heavy atom. The van der Waals surface area contributed by atoms with Crippen LogP contribution >= 0.6 is 0 Å². The molecule has 0 amide bonds. The molecule has 2 rings (SSSR count). The molecule has 1 heterocycles. The van der Waals surface area contributed by atoms with Crippen LogP contribution in [-0.4, -0.2) is 22.4 Å². The number of aromatic nitrogens is 1. The van der Waals surface area contributed by atoms with Crippen molar-refractivity contribution < 1.29 is 18.4 Å². The lowest BCUT2D eigenvalue weighted by Crippen LogP contribution is -2.20. The fourth-order valence-electron chi connectivity index (χ4n) is 2.25. The summed E-state index contributed by atoms with van der Waals surface area (Å²) in [5.74, 6) is -3.27. The topological polar surface area (TPSA) is 65.3 Å². The molecule has 0 unspecified atom stereocenters. The molecule has 1 aromatic heterocycles. The Morgan fingerprint density at radius 2 is 2.04 bits per heavy atom. The van der Waals surface area contributed by atoms with Crippen molar-refractivity contribution in [1.82, 2.24) is 4.98 Å². The molecule has 0 saturated heterocycles. The molecule has 0 fully saturated rings. The van der Waals surface area contributed by atoms with Crippen molar-refractivity contribution in [3.8, 4) is 0 Å². The maximum Gasteiger partial charge on any atom is 0.302 e. The largest absolute Gasteiger partial charge is 0.370 e. The summed E-state index contributed by atoms with van der Waals surface area (Å²) in [7, 11) is 0. The van der Waals surface area contributed by atoms with Gasteiger partial charge in [0.1, 0.15) is 12.3 Å². The summed E-state index contributed by atoms with van der Waals surface area (Å²) in [6.45, 7) is 4.42. The van der Waals surface area contributed by atoms with E-state index in [2.05, 4.69) is 11.6 Å². The molecule has 0 bridgehead atoms. The summed E-state index contributed by atoms with van der Waals surface area (Å²) in [6, 6.07) is 10.3. The summed E-state index contributed by atoms with van der Waals surface area (Å²) < 4.78 is 33.0. The van der Waals surface area contributed by atoms with Gasteiger partial charge in [0, 0.05) is 6.20 Å². The third-order valence-corrected chi connectivity index (χ3v) is 3.46. The summed E-state index contributed by atoms with van der Waals surface area (Å²) >= 11 is 0. The molecule has 0 spiro atoms. The maximum atomic E-state index is 14.0. The molecule has 0 N–H and O–H groups in total. The van der Waals surface area contributed by atoms with Gasteiger partial charge in [-0.15, -0.1) is 0 Å². The van der Waals surface area contributed by atoms with Crippen molar-refractivity contribution in [2.24, 2.45) is 0 Å². The van der Waals surface area contributed by atoms with E-state index in [0.29, 0.717) is 11.6 Å². The summed E-state index contributed by atoms with van der Waals surface area (Å²) in [5.41, 5.74) is 0.914. The van der Waals surface area contributed by atoms with Crippen LogP contribution in [0.1, 0.15) is 23.7 Å². The average molecular weight is 360 g/mol. The zero-order chi connectivity index (χ0) is 19.2. The SMILES string of the molecule is C=C(C)c1nccc(C=CC(F)(F)COCc2ccccc2)c1[N+](=O)[O-]. The molecule has 7 heteroatoms. The summed E-state index contributed by atoms with van der Waals surface area (Å²) in [4.78, 5) is 14.5. The van der Waals surface area contributed by atoms with Gasteiger partial charge in [-0.05, 0) is 36.3 Å². The number of rotatable bonds is 8. The minimum Gasteiger partial charge on any atom is -0.370 e. The van der Waals surface area contributed by atoms with E-state index < -0.39 is 17.5 Å². The number of allylic oxidation sites excluding steroid dienone is 1. The molecule has 2 aromatic rings. The molecule has 0 radical (unpaired) electrons. The Morgan fingerprint density at radius 1 is 1.35 bits per heavy atom. The highest BCUT2D eigenvalue weighted by atomic mass is 19.3. The number of hydrogen-bond acceptors (Lipinski definition) is 4. The zero-order valence-corrected chi connectivity index (χ0v) is 14.2. The second-order valence-electron chi connectivity index (χ2n) is 5.71. The number of nitro groups is 1. The number of alkyl halides is 2. The van der Waals surface area contributed by atoms with Crippen LogP contribution < -0.4 is 0 Å². The van der Waals surface area contributed by atoms with E-state index in [1.807, 2.05) is 6.07 Å². The minimum atomic E-state index is -3.27. The smallest absolute Gasteiger partial charge is 0.302 e.